The van der Waals surface area contributed by atoms with Gasteiger partial charge in [0.15, 0.2) is 0 Å². The first-order valence-corrected chi connectivity index (χ1v) is 9.46. The standard InChI is InChI=1S/C23H19NOS/c25-23(21-15-9-17-26-21,19-12-5-2-6-13-19)22(18-10-3-1-4-11-18)20-14-7-8-16-24-20/h1-17,22,25H/t22-,23-/m0/s1. The van der Waals surface area contributed by atoms with Crippen molar-refractivity contribution in [3.05, 3.63) is 124 Å². The third-order valence-electron chi connectivity index (χ3n) is 4.64. The molecule has 128 valence electrons. The van der Waals surface area contributed by atoms with Crippen LogP contribution in [0.1, 0.15) is 27.6 Å². The van der Waals surface area contributed by atoms with Gasteiger partial charge >= 0.3 is 0 Å². The molecule has 4 rings (SSSR count). The number of rotatable bonds is 5. The average Bonchev–Trinajstić information content (AvgIpc) is 3.26. The fourth-order valence-electron chi connectivity index (χ4n) is 3.46. The van der Waals surface area contributed by atoms with Gasteiger partial charge in [0, 0.05) is 11.1 Å². The summed E-state index contributed by atoms with van der Waals surface area (Å²) in [4.78, 5) is 5.51. The Balaban J connectivity index is 1.99. The number of aromatic nitrogens is 1. The van der Waals surface area contributed by atoms with Crippen molar-refractivity contribution < 1.29 is 5.11 Å². The van der Waals surface area contributed by atoms with Crippen LogP contribution in [0, 0.1) is 0 Å². The van der Waals surface area contributed by atoms with E-state index in [9.17, 15) is 5.11 Å². The molecule has 2 nitrogen and oxygen atoms in total. The van der Waals surface area contributed by atoms with Crippen LogP contribution in [-0.4, -0.2) is 10.1 Å². The molecule has 0 spiro atoms. The average molecular weight is 357 g/mol. The second-order valence-electron chi connectivity index (χ2n) is 6.21. The van der Waals surface area contributed by atoms with E-state index in [1.165, 1.54) is 0 Å². The van der Waals surface area contributed by atoms with E-state index in [4.69, 9.17) is 0 Å². The van der Waals surface area contributed by atoms with Gasteiger partial charge in [-0.25, -0.2) is 0 Å². The molecule has 2 aromatic carbocycles. The number of hydrogen-bond acceptors (Lipinski definition) is 3. The lowest BCUT2D eigenvalue weighted by Crippen LogP contribution is -2.35. The predicted octanol–water partition coefficient (Wildman–Crippen LogP) is 5.21. The molecule has 3 heteroatoms. The summed E-state index contributed by atoms with van der Waals surface area (Å²) in [6.07, 6.45) is 1.78. The third kappa shape index (κ3) is 2.96. The predicted molar refractivity (Wildman–Crippen MR) is 106 cm³/mol. The molecule has 2 heterocycles. The summed E-state index contributed by atoms with van der Waals surface area (Å²) < 4.78 is 0. The van der Waals surface area contributed by atoms with E-state index in [2.05, 4.69) is 17.1 Å². The maximum Gasteiger partial charge on any atom is 0.136 e. The van der Waals surface area contributed by atoms with Gasteiger partial charge in [0.25, 0.3) is 0 Å². The third-order valence-corrected chi connectivity index (χ3v) is 5.64. The van der Waals surface area contributed by atoms with Crippen molar-refractivity contribution in [1.82, 2.24) is 4.98 Å². The van der Waals surface area contributed by atoms with Crippen molar-refractivity contribution in [3.8, 4) is 0 Å². The Kier molecular flexibility index (Phi) is 4.65. The van der Waals surface area contributed by atoms with Crippen LogP contribution in [0.5, 0.6) is 0 Å². The maximum atomic E-state index is 12.2. The zero-order chi connectivity index (χ0) is 17.8. The van der Waals surface area contributed by atoms with Gasteiger partial charge in [-0.05, 0) is 34.7 Å². The first kappa shape index (κ1) is 16.7. The van der Waals surface area contributed by atoms with E-state index >= 15 is 0 Å². The van der Waals surface area contributed by atoms with Crippen molar-refractivity contribution in [2.45, 2.75) is 11.5 Å². The molecule has 0 fully saturated rings. The monoisotopic (exact) mass is 357 g/mol. The van der Waals surface area contributed by atoms with Crippen LogP contribution >= 0.6 is 11.3 Å². The highest BCUT2D eigenvalue weighted by molar-refractivity contribution is 7.10. The van der Waals surface area contributed by atoms with E-state index in [1.807, 2.05) is 84.2 Å². The molecule has 0 aliphatic heterocycles. The van der Waals surface area contributed by atoms with E-state index in [0.717, 1.165) is 21.7 Å². The van der Waals surface area contributed by atoms with E-state index < -0.39 is 5.60 Å². The first-order valence-electron chi connectivity index (χ1n) is 8.58. The summed E-state index contributed by atoms with van der Waals surface area (Å²) in [5.74, 6) is -0.314. The Morgan fingerprint density at radius 3 is 2.08 bits per heavy atom. The molecule has 0 aliphatic carbocycles. The lowest BCUT2D eigenvalue weighted by atomic mass is 9.74. The zero-order valence-electron chi connectivity index (χ0n) is 14.2. The lowest BCUT2D eigenvalue weighted by molar-refractivity contribution is 0.0650. The number of hydrogen-bond donors (Lipinski definition) is 1. The fourth-order valence-corrected chi connectivity index (χ4v) is 4.33. The Morgan fingerprint density at radius 1 is 0.769 bits per heavy atom. The maximum absolute atomic E-state index is 12.2. The largest absolute Gasteiger partial charge is 0.378 e. The van der Waals surface area contributed by atoms with Crippen molar-refractivity contribution in [2.75, 3.05) is 0 Å². The SMILES string of the molecule is O[C@@](c1ccccc1)(c1cccs1)[C@@H](c1ccccc1)c1ccccn1. The molecule has 26 heavy (non-hydrogen) atoms. The normalized spacial score (nSPS) is 14.5. The molecule has 4 aromatic rings. The van der Waals surface area contributed by atoms with Gasteiger partial charge in [-0.3, -0.25) is 4.98 Å². The van der Waals surface area contributed by atoms with Crippen LogP contribution < -0.4 is 0 Å². The molecule has 1 N–H and O–H groups in total. The van der Waals surface area contributed by atoms with Crippen LogP contribution in [0.2, 0.25) is 0 Å². The highest BCUT2D eigenvalue weighted by Gasteiger charge is 2.43. The Morgan fingerprint density at radius 2 is 1.46 bits per heavy atom. The molecule has 0 unspecified atom stereocenters. The second kappa shape index (κ2) is 7.24. The molecule has 2 atom stereocenters. The quantitative estimate of drug-likeness (QED) is 0.532. The van der Waals surface area contributed by atoms with Crippen molar-refractivity contribution >= 4 is 11.3 Å². The molecule has 2 aromatic heterocycles. The number of aliphatic hydroxyl groups is 1. The zero-order valence-corrected chi connectivity index (χ0v) is 15.0. The first-order chi connectivity index (χ1) is 12.8. The Bertz CT molecular complexity index is 900. The number of pyridine rings is 1. The summed E-state index contributed by atoms with van der Waals surface area (Å²) in [6, 6.07) is 29.8. The number of benzene rings is 2. The van der Waals surface area contributed by atoms with Crippen LogP contribution in [-0.2, 0) is 5.60 Å². The van der Waals surface area contributed by atoms with E-state index in [-0.39, 0.29) is 5.92 Å². The number of nitrogens with zero attached hydrogens (tertiary/aromatic N) is 1. The summed E-state index contributed by atoms with van der Waals surface area (Å²) >= 11 is 1.56. The van der Waals surface area contributed by atoms with Gasteiger partial charge in [-0.2, -0.15) is 0 Å². The molecular weight excluding hydrogens is 338 g/mol. The topological polar surface area (TPSA) is 33.1 Å². The summed E-state index contributed by atoms with van der Waals surface area (Å²) in [5.41, 5.74) is 1.54. The molecule has 0 aliphatic rings. The fraction of sp³-hybridized carbons (Fsp3) is 0.0870. The van der Waals surface area contributed by atoms with Crippen LogP contribution in [0.3, 0.4) is 0 Å². The molecule has 0 saturated carbocycles. The highest BCUT2D eigenvalue weighted by atomic mass is 32.1. The smallest absolute Gasteiger partial charge is 0.136 e. The van der Waals surface area contributed by atoms with Crippen LogP contribution in [0.25, 0.3) is 0 Å². The van der Waals surface area contributed by atoms with Gasteiger partial charge in [-0.1, -0.05) is 72.8 Å². The molecule has 0 radical (unpaired) electrons. The van der Waals surface area contributed by atoms with Gasteiger partial charge in [0.05, 0.1) is 11.6 Å². The van der Waals surface area contributed by atoms with Gasteiger partial charge in [0.1, 0.15) is 5.60 Å². The Labute approximate surface area is 157 Å². The van der Waals surface area contributed by atoms with Crippen molar-refractivity contribution in [2.24, 2.45) is 0 Å². The molecule has 0 amide bonds. The summed E-state index contributed by atoms with van der Waals surface area (Å²) in [5, 5.41) is 14.2. The lowest BCUT2D eigenvalue weighted by Gasteiger charge is -2.36. The van der Waals surface area contributed by atoms with Gasteiger partial charge < -0.3 is 5.11 Å². The van der Waals surface area contributed by atoms with Crippen LogP contribution in [0.15, 0.2) is 103 Å². The van der Waals surface area contributed by atoms with Crippen molar-refractivity contribution in [1.29, 1.82) is 0 Å². The van der Waals surface area contributed by atoms with E-state index in [1.54, 1.807) is 17.5 Å². The van der Waals surface area contributed by atoms with Gasteiger partial charge in [-0.15, -0.1) is 11.3 Å². The van der Waals surface area contributed by atoms with Gasteiger partial charge in [0.2, 0.25) is 0 Å². The molecular formula is C23H19NOS. The molecule has 0 bridgehead atoms. The highest BCUT2D eigenvalue weighted by Crippen LogP contribution is 2.47. The van der Waals surface area contributed by atoms with Crippen molar-refractivity contribution in [3.63, 3.8) is 0 Å². The summed E-state index contributed by atoms with van der Waals surface area (Å²) in [7, 11) is 0. The minimum atomic E-state index is -1.20. The molecule has 0 saturated heterocycles. The second-order valence-corrected chi connectivity index (χ2v) is 7.16. The van der Waals surface area contributed by atoms with E-state index in [0.29, 0.717) is 0 Å². The van der Waals surface area contributed by atoms with Crippen LogP contribution in [0.4, 0.5) is 0 Å². The minimum Gasteiger partial charge on any atom is -0.378 e. The Hall–Kier alpha value is -2.75. The minimum absolute atomic E-state index is 0.314. The summed E-state index contributed by atoms with van der Waals surface area (Å²) in [6.45, 7) is 0. The number of thiophene rings is 1.